The van der Waals surface area contributed by atoms with Crippen molar-refractivity contribution in [2.45, 2.75) is 84.9 Å². The van der Waals surface area contributed by atoms with Crippen LogP contribution in [0, 0.1) is 17.8 Å². The van der Waals surface area contributed by atoms with Crippen molar-refractivity contribution in [2.24, 2.45) is 22.6 Å². The van der Waals surface area contributed by atoms with Crippen LogP contribution in [-0.4, -0.2) is 53.7 Å². The van der Waals surface area contributed by atoms with E-state index < -0.39 is 13.9 Å². The van der Waals surface area contributed by atoms with Crippen molar-refractivity contribution in [3.8, 4) is 0 Å². The van der Waals surface area contributed by atoms with Gasteiger partial charge in [0, 0.05) is 0 Å². The van der Waals surface area contributed by atoms with Gasteiger partial charge in [-0.1, -0.05) is 0 Å². The third-order valence-corrected chi connectivity index (χ3v) is 6.57. The second-order valence-electron chi connectivity index (χ2n) is 8.27. The Morgan fingerprint density at radius 2 is 1.93 bits per heavy atom. The van der Waals surface area contributed by atoms with Crippen LogP contribution in [0.3, 0.4) is 0 Å². The van der Waals surface area contributed by atoms with Gasteiger partial charge < -0.3 is 0 Å². The molecule has 2 saturated heterocycles. The summed E-state index contributed by atoms with van der Waals surface area (Å²) in [5.41, 5.74) is 0. The predicted octanol–water partition coefficient (Wildman–Crippen LogP) is 3.41. The van der Waals surface area contributed by atoms with Gasteiger partial charge >= 0.3 is 166 Å². The standard InChI is InChI=1S/C17H33B2NO6P/c1-10(2)14-7-12(5)23-16(14)9-22-27(21,26-19-20-18)25-15-8-13(6)24-17(15)11(3)4/h10-18H,7-9H2,1-6H3/t12-,13-,14?,15?,16+,17+,27?/m0/s1/i18D. The van der Waals surface area contributed by atoms with E-state index in [2.05, 4.69) is 18.7 Å². The van der Waals surface area contributed by atoms with Gasteiger partial charge in [-0.3, -0.25) is 0 Å². The van der Waals surface area contributed by atoms with Crippen molar-refractivity contribution in [2.75, 3.05) is 6.61 Å². The Bertz CT molecular complexity index is 570. The molecule has 2 rings (SSSR count). The Hall–Kier alpha value is -0.200. The predicted molar refractivity (Wildman–Crippen MR) is 106 cm³/mol. The molecule has 2 aliphatic rings. The molecule has 2 heterocycles. The monoisotopic (exact) mass is 401 g/mol. The zero-order chi connectivity index (χ0) is 20.9. The van der Waals surface area contributed by atoms with E-state index in [-0.39, 0.29) is 36.9 Å². The van der Waals surface area contributed by atoms with E-state index in [0.717, 1.165) is 21.6 Å². The quantitative estimate of drug-likeness (QED) is 0.413. The van der Waals surface area contributed by atoms with Crippen molar-refractivity contribution in [3.05, 3.63) is 0 Å². The Kier molecular flexibility index (Phi) is 7.98. The third kappa shape index (κ3) is 6.40. The molecule has 0 bridgehead atoms. The van der Waals surface area contributed by atoms with E-state index in [4.69, 9.17) is 24.3 Å². The van der Waals surface area contributed by atoms with Gasteiger partial charge in [0.05, 0.1) is 0 Å². The Morgan fingerprint density at radius 3 is 2.56 bits per heavy atom. The SMILES string of the molecule is [2H][B]N=BOP(=O)(OC[C@H]1O[C@@H](C)CC1C(C)C)OC1C[C@H](C)O[C@@H]1C(C)C. The molecule has 0 aromatic heterocycles. The maximum absolute atomic E-state index is 13.3. The van der Waals surface area contributed by atoms with Gasteiger partial charge in [0.15, 0.2) is 0 Å². The summed E-state index contributed by atoms with van der Waals surface area (Å²) in [6, 6.07) is 0. The molecule has 0 aromatic rings. The second-order valence-corrected chi connectivity index (χ2v) is 9.84. The molecule has 7 nitrogen and oxygen atoms in total. The summed E-state index contributed by atoms with van der Waals surface area (Å²) in [6.45, 7) is 12.5. The first kappa shape index (κ1) is 21.5. The Morgan fingerprint density at radius 1 is 1.22 bits per heavy atom. The molecule has 2 fully saturated rings. The van der Waals surface area contributed by atoms with Crippen LogP contribution < -0.4 is 0 Å². The van der Waals surface area contributed by atoms with Crippen LogP contribution in [-0.2, 0) is 27.5 Å². The molecule has 27 heavy (non-hydrogen) atoms. The fourth-order valence-corrected chi connectivity index (χ4v) is 5.13. The molecule has 10 heteroatoms. The molecule has 0 saturated carbocycles. The van der Waals surface area contributed by atoms with Gasteiger partial charge in [-0.2, -0.15) is 0 Å². The number of hydrogen-bond acceptors (Lipinski definition) is 7. The summed E-state index contributed by atoms with van der Waals surface area (Å²) < 4.78 is 48.9. The summed E-state index contributed by atoms with van der Waals surface area (Å²) in [4.78, 5) is 3.54. The number of phosphoric acid groups is 1. The van der Waals surface area contributed by atoms with E-state index in [1.54, 1.807) is 0 Å². The van der Waals surface area contributed by atoms with Crippen molar-refractivity contribution >= 4 is 23.0 Å². The van der Waals surface area contributed by atoms with Crippen molar-refractivity contribution in [1.29, 1.82) is 1.34 Å². The first-order valence-electron chi connectivity index (χ1n) is 10.4. The summed E-state index contributed by atoms with van der Waals surface area (Å²) >= 11 is 0. The van der Waals surface area contributed by atoms with Crippen LogP contribution in [0.2, 0.25) is 0 Å². The minimum absolute atomic E-state index is 0.00503. The van der Waals surface area contributed by atoms with E-state index in [9.17, 15) is 4.57 Å². The number of hydrogen-bond donors (Lipinski definition) is 0. The molecule has 0 aromatic carbocycles. The summed E-state index contributed by atoms with van der Waals surface area (Å²) in [5, 5.41) is 0. The van der Waals surface area contributed by atoms with Gasteiger partial charge in [-0.15, -0.1) is 0 Å². The van der Waals surface area contributed by atoms with Gasteiger partial charge in [-0.05, 0) is 0 Å². The van der Waals surface area contributed by atoms with E-state index in [0.29, 0.717) is 18.3 Å². The van der Waals surface area contributed by atoms with Crippen LogP contribution in [0.1, 0.15) is 54.4 Å². The van der Waals surface area contributed by atoms with Crippen molar-refractivity contribution in [1.82, 2.24) is 0 Å². The van der Waals surface area contributed by atoms with Crippen LogP contribution in [0.4, 0.5) is 0 Å². The zero-order valence-corrected chi connectivity index (χ0v) is 18.1. The number of rotatable bonds is 10. The second kappa shape index (κ2) is 10.0. The van der Waals surface area contributed by atoms with Crippen LogP contribution in [0.5, 0.6) is 0 Å². The molecule has 153 valence electrons. The zero-order valence-electron chi connectivity index (χ0n) is 18.2. The summed E-state index contributed by atoms with van der Waals surface area (Å²) in [5.74, 6) is 0.938. The first-order valence-corrected chi connectivity index (χ1v) is 11.2. The fourth-order valence-electron chi connectivity index (χ4n) is 3.92. The molecular weight excluding hydrogens is 367 g/mol. The number of ether oxygens (including phenoxy) is 2. The van der Waals surface area contributed by atoms with Crippen LogP contribution >= 0.6 is 7.82 Å². The van der Waals surface area contributed by atoms with Gasteiger partial charge in [-0.25, -0.2) is 0 Å². The molecule has 0 aliphatic carbocycles. The average molecular weight is 401 g/mol. The van der Waals surface area contributed by atoms with Crippen LogP contribution in [0.15, 0.2) is 4.81 Å². The topological polar surface area (TPSA) is 75.6 Å². The molecule has 1 radical (unpaired) electrons. The van der Waals surface area contributed by atoms with E-state index in [1.165, 1.54) is 0 Å². The first-order chi connectivity index (χ1) is 13.1. The van der Waals surface area contributed by atoms with E-state index >= 15 is 0 Å². The van der Waals surface area contributed by atoms with E-state index in [1.807, 2.05) is 27.7 Å². The summed E-state index contributed by atoms with van der Waals surface area (Å²) in [7, 11) is -2.23. The molecule has 0 amide bonds. The summed E-state index contributed by atoms with van der Waals surface area (Å²) in [6.07, 6.45) is 0.916. The minimum atomic E-state index is -3.94. The Balaban J connectivity index is 2.07. The fraction of sp³-hybridized carbons (Fsp3) is 1.00. The van der Waals surface area contributed by atoms with Crippen molar-refractivity contribution < 1.29 is 27.5 Å². The third-order valence-electron chi connectivity index (χ3n) is 5.22. The van der Waals surface area contributed by atoms with Crippen molar-refractivity contribution in [3.63, 3.8) is 0 Å². The van der Waals surface area contributed by atoms with Gasteiger partial charge in [0.25, 0.3) is 0 Å². The average Bonchev–Trinajstić information content (AvgIpc) is 3.16. The molecule has 7 atom stereocenters. The van der Waals surface area contributed by atoms with Gasteiger partial charge in [0.2, 0.25) is 0 Å². The maximum atomic E-state index is 13.3. The Labute approximate surface area is 166 Å². The molecular formula is C17H33B2NO6P. The normalized spacial score (nSPS) is 36.8. The number of phosphoric ester groups is 1. The number of nitrogens with zero attached hydrogens (tertiary/aromatic N) is 1. The molecule has 0 spiro atoms. The van der Waals surface area contributed by atoms with Gasteiger partial charge in [0.1, 0.15) is 0 Å². The molecule has 0 N–H and O–H groups in total. The molecule has 2 aliphatic heterocycles. The molecule has 3 unspecified atom stereocenters. The van der Waals surface area contributed by atoms with Crippen LogP contribution in [0.25, 0.3) is 0 Å².